The third-order valence-corrected chi connectivity index (χ3v) is 2.94. The number of carboxylic acid groups (broad SMARTS) is 1. The Balaban J connectivity index is 2.31. The Kier molecular flexibility index (Phi) is 5.74. The Labute approximate surface area is 109 Å². The first-order valence-corrected chi connectivity index (χ1v) is 6.37. The Bertz CT molecular complexity index is 465. The molecule has 18 heavy (non-hydrogen) atoms. The third kappa shape index (κ3) is 5.37. The Morgan fingerprint density at radius 2 is 2.00 bits per heavy atom. The normalized spacial score (nSPS) is 9.50. The molecule has 6 heteroatoms. The van der Waals surface area contributed by atoms with Crippen LogP contribution in [0.15, 0.2) is 24.3 Å². The molecule has 1 rings (SSSR count). The second kappa shape index (κ2) is 7.35. The molecule has 0 aliphatic rings. The molecular formula is C12H12N2O3S. The van der Waals surface area contributed by atoms with Gasteiger partial charge in [0.05, 0.1) is 17.4 Å². The molecule has 0 radical (unpaired) electrons. The summed E-state index contributed by atoms with van der Waals surface area (Å²) in [6.07, 6.45) is 0.262. The van der Waals surface area contributed by atoms with E-state index < -0.39 is 5.97 Å². The van der Waals surface area contributed by atoms with Crippen molar-refractivity contribution in [3.8, 4) is 6.07 Å². The predicted molar refractivity (Wildman–Crippen MR) is 69.4 cm³/mol. The van der Waals surface area contributed by atoms with Gasteiger partial charge in [-0.3, -0.25) is 9.59 Å². The predicted octanol–water partition coefficient (Wildman–Crippen LogP) is 1.70. The minimum absolute atomic E-state index is 0.00411. The summed E-state index contributed by atoms with van der Waals surface area (Å²) in [7, 11) is 0. The number of anilines is 1. The van der Waals surface area contributed by atoms with Gasteiger partial charge in [-0.2, -0.15) is 5.26 Å². The van der Waals surface area contributed by atoms with Crippen molar-refractivity contribution in [1.82, 2.24) is 0 Å². The van der Waals surface area contributed by atoms with E-state index in [1.165, 1.54) is 11.8 Å². The summed E-state index contributed by atoms with van der Waals surface area (Å²) in [4.78, 5) is 21.7. The highest BCUT2D eigenvalue weighted by molar-refractivity contribution is 7.99. The summed E-state index contributed by atoms with van der Waals surface area (Å²) < 4.78 is 0. The van der Waals surface area contributed by atoms with Gasteiger partial charge in [0.25, 0.3) is 0 Å². The second-order valence-electron chi connectivity index (χ2n) is 3.43. The number of carboxylic acids is 1. The van der Waals surface area contributed by atoms with Gasteiger partial charge in [-0.1, -0.05) is 0 Å². The quantitative estimate of drug-likeness (QED) is 0.763. The largest absolute Gasteiger partial charge is 0.481 e. The van der Waals surface area contributed by atoms with E-state index in [0.29, 0.717) is 17.0 Å². The average molecular weight is 264 g/mol. The molecule has 2 N–H and O–H groups in total. The Hall–Kier alpha value is -2.00. The molecular weight excluding hydrogens is 252 g/mol. The highest BCUT2D eigenvalue weighted by Gasteiger charge is 2.03. The van der Waals surface area contributed by atoms with Crippen LogP contribution in [0.4, 0.5) is 5.69 Å². The summed E-state index contributed by atoms with van der Waals surface area (Å²) >= 11 is 1.20. The van der Waals surface area contributed by atoms with Crippen molar-refractivity contribution < 1.29 is 14.7 Å². The number of hydrogen-bond acceptors (Lipinski definition) is 4. The molecule has 0 bridgehead atoms. The van der Waals surface area contributed by atoms with E-state index in [9.17, 15) is 9.59 Å². The number of nitrogens with zero attached hydrogens (tertiary/aromatic N) is 1. The maximum absolute atomic E-state index is 11.5. The summed E-state index contributed by atoms with van der Waals surface area (Å²) in [6, 6.07) is 8.54. The molecule has 1 aromatic carbocycles. The SMILES string of the molecule is N#Cc1ccc(NC(=O)CCSCC(=O)O)cc1. The lowest BCUT2D eigenvalue weighted by molar-refractivity contribution is -0.134. The van der Waals surface area contributed by atoms with Crippen molar-refractivity contribution in [1.29, 1.82) is 5.26 Å². The third-order valence-electron chi connectivity index (χ3n) is 2.00. The fraction of sp³-hybridized carbons (Fsp3) is 0.250. The Morgan fingerprint density at radius 3 is 2.56 bits per heavy atom. The fourth-order valence-corrected chi connectivity index (χ4v) is 1.82. The van der Waals surface area contributed by atoms with Gasteiger partial charge in [-0.15, -0.1) is 11.8 Å². The summed E-state index contributed by atoms with van der Waals surface area (Å²) in [6.45, 7) is 0. The van der Waals surface area contributed by atoms with Crippen LogP contribution in [0.3, 0.4) is 0 Å². The van der Waals surface area contributed by atoms with Gasteiger partial charge < -0.3 is 10.4 Å². The van der Waals surface area contributed by atoms with Crippen LogP contribution in [-0.4, -0.2) is 28.5 Å². The van der Waals surface area contributed by atoms with Gasteiger partial charge in [0.15, 0.2) is 0 Å². The zero-order valence-corrected chi connectivity index (χ0v) is 10.4. The summed E-state index contributed by atoms with van der Waals surface area (Å²) in [5, 5.41) is 19.7. The van der Waals surface area contributed by atoms with E-state index in [-0.39, 0.29) is 18.1 Å². The topological polar surface area (TPSA) is 90.2 Å². The van der Waals surface area contributed by atoms with E-state index >= 15 is 0 Å². The number of thioether (sulfide) groups is 1. The van der Waals surface area contributed by atoms with Crippen molar-refractivity contribution in [2.75, 3.05) is 16.8 Å². The van der Waals surface area contributed by atoms with Crippen molar-refractivity contribution in [3.63, 3.8) is 0 Å². The molecule has 0 saturated carbocycles. The van der Waals surface area contributed by atoms with Gasteiger partial charge in [-0.25, -0.2) is 0 Å². The van der Waals surface area contributed by atoms with Crippen LogP contribution in [0.25, 0.3) is 0 Å². The number of nitriles is 1. The number of aliphatic carboxylic acids is 1. The van der Waals surface area contributed by atoms with Crippen LogP contribution in [0, 0.1) is 11.3 Å². The van der Waals surface area contributed by atoms with E-state index in [2.05, 4.69) is 5.32 Å². The van der Waals surface area contributed by atoms with E-state index in [4.69, 9.17) is 10.4 Å². The first kappa shape index (κ1) is 14.1. The lowest BCUT2D eigenvalue weighted by Crippen LogP contribution is -2.12. The van der Waals surface area contributed by atoms with Crippen molar-refractivity contribution in [2.24, 2.45) is 0 Å². The number of rotatable bonds is 6. The highest BCUT2D eigenvalue weighted by Crippen LogP contribution is 2.10. The van der Waals surface area contributed by atoms with Gasteiger partial charge in [0.1, 0.15) is 0 Å². The van der Waals surface area contributed by atoms with Crippen molar-refractivity contribution >= 4 is 29.3 Å². The van der Waals surface area contributed by atoms with Crippen LogP contribution in [-0.2, 0) is 9.59 Å². The maximum Gasteiger partial charge on any atom is 0.313 e. The first-order chi connectivity index (χ1) is 8.61. The smallest absolute Gasteiger partial charge is 0.313 e. The van der Waals surface area contributed by atoms with Crippen LogP contribution >= 0.6 is 11.8 Å². The molecule has 0 atom stereocenters. The number of carbonyl (C=O) groups is 2. The van der Waals surface area contributed by atoms with Gasteiger partial charge in [0, 0.05) is 17.9 Å². The van der Waals surface area contributed by atoms with Crippen molar-refractivity contribution in [2.45, 2.75) is 6.42 Å². The average Bonchev–Trinajstić information content (AvgIpc) is 2.35. The first-order valence-electron chi connectivity index (χ1n) is 5.21. The summed E-state index contributed by atoms with van der Waals surface area (Å²) in [5.74, 6) is -0.580. The second-order valence-corrected chi connectivity index (χ2v) is 4.54. The van der Waals surface area contributed by atoms with Gasteiger partial charge in [0.2, 0.25) is 5.91 Å². The molecule has 0 spiro atoms. The monoisotopic (exact) mass is 264 g/mol. The van der Waals surface area contributed by atoms with E-state index in [1.54, 1.807) is 24.3 Å². The minimum atomic E-state index is -0.882. The van der Waals surface area contributed by atoms with Gasteiger partial charge in [-0.05, 0) is 24.3 Å². The number of amides is 1. The van der Waals surface area contributed by atoms with Crippen LogP contribution in [0.5, 0.6) is 0 Å². The van der Waals surface area contributed by atoms with Crippen molar-refractivity contribution in [3.05, 3.63) is 29.8 Å². The zero-order valence-electron chi connectivity index (χ0n) is 9.55. The zero-order chi connectivity index (χ0) is 13.4. The van der Waals surface area contributed by atoms with Gasteiger partial charge >= 0.3 is 5.97 Å². The Morgan fingerprint density at radius 1 is 1.33 bits per heavy atom. The molecule has 0 heterocycles. The van der Waals surface area contributed by atoms with Crippen LogP contribution in [0.2, 0.25) is 0 Å². The lowest BCUT2D eigenvalue weighted by atomic mass is 10.2. The lowest BCUT2D eigenvalue weighted by Gasteiger charge is -2.04. The molecule has 94 valence electrons. The number of carbonyl (C=O) groups excluding carboxylic acids is 1. The molecule has 1 aromatic rings. The van der Waals surface area contributed by atoms with Crippen LogP contribution in [0.1, 0.15) is 12.0 Å². The van der Waals surface area contributed by atoms with E-state index in [1.807, 2.05) is 6.07 Å². The molecule has 0 aromatic heterocycles. The molecule has 0 aliphatic carbocycles. The highest BCUT2D eigenvalue weighted by atomic mass is 32.2. The molecule has 0 aliphatic heterocycles. The fourth-order valence-electron chi connectivity index (χ4n) is 1.18. The molecule has 0 fully saturated rings. The van der Waals surface area contributed by atoms with E-state index in [0.717, 1.165) is 0 Å². The summed E-state index contributed by atoms with van der Waals surface area (Å²) in [5.41, 5.74) is 1.16. The minimum Gasteiger partial charge on any atom is -0.481 e. The molecule has 0 saturated heterocycles. The number of nitrogens with one attached hydrogen (secondary N) is 1. The number of hydrogen-bond donors (Lipinski definition) is 2. The molecule has 5 nitrogen and oxygen atoms in total. The van der Waals surface area contributed by atoms with Crippen LogP contribution < -0.4 is 5.32 Å². The standard InChI is InChI=1S/C12H12N2O3S/c13-7-9-1-3-10(4-2-9)14-11(15)5-6-18-8-12(16)17/h1-4H,5-6,8H2,(H,14,15)(H,16,17). The maximum atomic E-state index is 11.5. The molecule has 0 unspecified atom stereocenters. The molecule has 1 amide bonds. The number of benzene rings is 1.